The number of benzene rings is 4. The third kappa shape index (κ3) is 3.84. The minimum atomic E-state index is -0.393. The molecule has 142 valence electrons. The van der Waals surface area contributed by atoms with Crippen molar-refractivity contribution in [2.24, 2.45) is 5.10 Å². The molecule has 4 aromatic rings. The molecule has 4 aromatic carbocycles. The number of rotatable bonds is 4. The maximum absolute atomic E-state index is 12.6. The lowest BCUT2D eigenvalue weighted by Gasteiger charge is -2.09. The van der Waals surface area contributed by atoms with Crippen molar-refractivity contribution in [3.05, 3.63) is 90.0 Å². The summed E-state index contributed by atoms with van der Waals surface area (Å²) < 4.78 is 0. The molecule has 0 unspecified atom stereocenters. The van der Waals surface area contributed by atoms with E-state index in [4.69, 9.17) is 0 Å². The predicted octanol–water partition coefficient (Wildman–Crippen LogP) is 4.72. The molecule has 0 bridgehead atoms. The number of hydrogen-bond acceptors (Lipinski definition) is 3. The Morgan fingerprint density at radius 3 is 2.07 bits per heavy atom. The van der Waals surface area contributed by atoms with Gasteiger partial charge in [-0.1, -0.05) is 60.7 Å². The Labute approximate surface area is 168 Å². The first-order valence-electron chi connectivity index (χ1n) is 9.24. The van der Waals surface area contributed by atoms with Gasteiger partial charge in [0, 0.05) is 12.5 Å². The Hall–Kier alpha value is -3.99. The van der Waals surface area contributed by atoms with Crippen LogP contribution in [0.4, 0.5) is 5.69 Å². The fraction of sp³-hybridized carbons (Fsp3) is 0.0417. The van der Waals surface area contributed by atoms with Crippen LogP contribution in [0.2, 0.25) is 0 Å². The average molecular weight is 381 g/mol. The van der Waals surface area contributed by atoms with Gasteiger partial charge in [-0.05, 0) is 39.7 Å². The number of hydrazone groups is 1. The molecule has 4 rings (SSSR count). The summed E-state index contributed by atoms with van der Waals surface area (Å²) in [6.07, 6.45) is 1.67. The fourth-order valence-corrected chi connectivity index (χ4v) is 3.38. The normalized spacial score (nSPS) is 11.1. The molecule has 0 spiro atoms. The van der Waals surface area contributed by atoms with Crippen LogP contribution in [-0.4, -0.2) is 18.0 Å². The molecule has 0 aromatic heterocycles. The van der Waals surface area contributed by atoms with E-state index in [1.54, 1.807) is 30.5 Å². The molecule has 0 heterocycles. The van der Waals surface area contributed by atoms with E-state index in [0.29, 0.717) is 11.3 Å². The van der Waals surface area contributed by atoms with E-state index in [1.165, 1.54) is 6.92 Å². The number of anilines is 1. The third-order valence-corrected chi connectivity index (χ3v) is 4.66. The molecule has 0 atom stereocenters. The van der Waals surface area contributed by atoms with Crippen LogP contribution in [0.5, 0.6) is 0 Å². The van der Waals surface area contributed by atoms with E-state index in [0.717, 1.165) is 27.1 Å². The highest BCUT2D eigenvalue weighted by molar-refractivity contribution is 6.13. The molecule has 0 aliphatic rings. The van der Waals surface area contributed by atoms with Crippen LogP contribution in [0, 0.1) is 0 Å². The van der Waals surface area contributed by atoms with Crippen molar-refractivity contribution in [3.63, 3.8) is 0 Å². The van der Waals surface area contributed by atoms with Gasteiger partial charge in [-0.15, -0.1) is 0 Å². The van der Waals surface area contributed by atoms with Crippen molar-refractivity contribution in [1.82, 2.24) is 5.43 Å². The molecule has 0 saturated carbocycles. The van der Waals surface area contributed by atoms with Gasteiger partial charge < -0.3 is 5.32 Å². The molecular weight excluding hydrogens is 362 g/mol. The first-order valence-corrected chi connectivity index (χ1v) is 9.24. The Balaban J connectivity index is 1.67. The molecule has 0 fully saturated rings. The molecular formula is C24H19N3O2. The standard InChI is InChI=1S/C24H19N3O2/c1-16(28)26-23-13-7-6-12-21(23)24(29)27-25-15-22-19-10-4-2-8-17(19)14-18-9-3-5-11-20(18)22/h2-15H,1H3,(H,26,28)(H,27,29)/b25-15-. The SMILES string of the molecule is CC(=O)Nc1ccccc1C(=O)N/N=C\c1c2ccccc2cc2ccccc12. The second kappa shape index (κ2) is 7.94. The Kier molecular flexibility index (Phi) is 5.03. The average Bonchev–Trinajstić information content (AvgIpc) is 2.73. The molecule has 2 N–H and O–H groups in total. The zero-order chi connectivity index (χ0) is 20.2. The summed E-state index contributed by atoms with van der Waals surface area (Å²) in [7, 11) is 0. The molecule has 5 heteroatoms. The summed E-state index contributed by atoms with van der Waals surface area (Å²) in [5.41, 5.74) is 4.31. The van der Waals surface area contributed by atoms with E-state index >= 15 is 0 Å². The second-order valence-electron chi connectivity index (χ2n) is 6.66. The molecule has 0 aliphatic carbocycles. The van der Waals surface area contributed by atoms with E-state index in [-0.39, 0.29) is 5.91 Å². The van der Waals surface area contributed by atoms with Crippen molar-refractivity contribution in [2.75, 3.05) is 5.32 Å². The number of carbonyl (C=O) groups excluding carboxylic acids is 2. The molecule has 0 radical (unpaired) electrons. The van der Waals surface area contributed by atoms with Crippen molar-refractivity contribution in [2.45, 2.75) is 6.92 Å². The van der Waals surface area contributed by atoms with Gasteiger partial charge in [0.2, 0.25) is 5.91 Å². The van der Waals surface area contributed by atoms with E-state index in [2.05, 4.69) is 34.0 Å². The van der Waals surface area contributed by atoms with Crippen LogP contribution in [0.25, 0.3) is 21.5 Å². The monoisotopic (exact) mass is 381 g/mol. The van der Waals surface area contributed by atoms with Crippen molar-refractivity contribution in [3.8, 4) is 0 Å². The number of fused-ring (bicyclic) bond motifs is 2. The quantitative estimate of drug-likeness (QED) is 0.305. The Morgan fingerprint density at radius 2 is 1.41 bits per heavy atom. The van der Waals surface area contributed by atoms with Crippen LogP contribution in [-0.2, 0) is 4.79 Å². The predicted molar refractivity (Wildman–Crippen MR) is 117 cm³/mol. The largest absolute Gasteiger partial charge is 0.326 e. The molecule has 5 nitrogen and oxygen atoms in total. The maximum atomic E-state index is 12.6. The topological polar surface area (TPSA) is 70.6 Å². The van der Waals surface area contributed by atoms with E-state index in [9.17, 15) is 9.59 Å². The van der Waals surface area contributed by atoms with Gasteiger partial charge >= 0.3 is 0 Å². The summed E-state index contributed by atoms with van der Waals surface area (Å²) in [5.74, 6) is -0.633. The van der Waals surface area contributed by atoms with Crippen molar-refractivity contribution in [1.29, 1.82) is 0 Å². The first kappa shape index (κ1) is 18.4. The van der Waals surface area contributed by atoms with Gasteiger partial charge in [0.25, 0.3) is 5.91 Å². The molecule has 29 heavy (non-hydrogen) atoms. The smallest absolute Gasteiger partial charge is 0.273 e. The van der Waals surface area contributed by atoms with Crippen LogP contribution < -0.4 is 10.7 Å². The summed E-state index contributed by atoms with van der Waals surface area (Å²) in [6.45, 7) is 1.40. The maximum Gasteiger partial charge on any atom is 0.273 e. The Morgan fingerprint density at radius 1 is 0.828 bits per heavy atom. The van der Waals surface area contributed by atoms with Gasteiger partial charge in [-0.25, -0.2) is 5.43 Å². The highest BCUT2D eigenvalue weighted by Crippen LogP contribution is 2.27. The molecule has 0 aliphatic heterocycles. The minimum Gasteiger partial charge on any atom is -0.326 e. The zero-order valence-corrected chi connectivity index (χ0v) is 15.8. The van der Waals surface area contributed by atoms with Gasteiger partial charge in [-0.3, -0.25) is 9.59 Å². The minimum absolute atomic E-state index is 0.240. The van der Waals surface area contributed by atoms with Gasteiger partial charge in [0.05, 0.1) is 17.5 Å². The highest BCUT2D eigenvalue weighted by Gasteiger charge is 2.11. The fourth-order valence-electron chi connectivity index (χ4n) is 3.38. The number of hydrogen-bond donors (Lipinski definition) is 2. The lowest BCUT2D eigenvalue weighted by molar-refractivity contribution is -0.114. The third-order valence-electron chi connectivity index (χ3n) is 4.66. The van der Waals surface area contributed by atoms with Gasteiger partial charge in [0.1, 0.15) is 0 Å². The zero-order valence-electron chi connectivity index (χ0n) is 15.8. The molecule has 2 amide bonds. The van der Waals surface area contributed by atoms with E-state index < -0.39 is 5.91 Å². The first-order chi connectivity index (χ1) is 14.1. The van der Waals surface area contributed by atoms with Crippen LogP contribution >= 0.6 is 0 Å². The van der Waals surface area contributed by atoms with Crippen LogP contribution in [0.1, 0.15) is 22.8 Å². The number of amides is 2. The number of carbonyl (C=O) groups is 2. The summed E-state index contributed by atoms with van der Waals surface area (Å²) in [5, 5.41) is 11.2. The number of nitrogens with zero attached hydrogens (tertiary/aromatic N) is 1. The summed E-state index contributed by atoms with van der Waals surface area (Å²) >= 11 is 0. The number of para-hydroxylation sites is 1. The second-order valence-corrected chi connectivity index (χ2v) is 6.66. The summed E-state index contributed by atoms with van der Waals surface area (Å²) in [4.78, 5) is 24.0. The van der Waals surface area contributed by atoms with Crippen LogP contribution in [0.3, 0.4) is 0 Å². The van der Waals surface area contributed by atoms with Gasteiger partial charge in [0.15, 0.2) is 0 Å². The lowest BCUT2D eigenvalue weighted by atomic mass is 9.97. The van der Waals surface area contributed by atoms with Crippen molar-refractivity contribution < 1.29 is 9.59 Å². The molecule has 0 saturated heterocycles. The van der Waals surface area contributed by atoms with E-state index in [1.807, 2.05) is 36.4 Å². The summed E-state index contributed by atoms with van der Waals surface area (Å²) in [6, 6.07) is 25.1. The Bertz CT molecular complexity index is 1210. The van der Waals surface area contributed by atoms with Gasteiger partial charge in [-0.2, -0.15) is 5.10 Å². The number of nitrogens with one attached hydrogen (secondary N) is 2. The van der Waals surface area contributed by atoms with Crippen molar-refractivity contribution >= 4 is 45.3 Å². The van der Waals surface area contributed by atoms with Crippen LogP contribution in [0.15, 0.2) is 84.0 Å². The highest BCUT2D eigenvalue weighted by atomic mass is 16.2. The lowest BCUT2D eigenvalue weighted by Crippen LogP contribution is -2.20.